The van der Waals surface area contributed by atoms with Crippen molar-refractivity contribution in [2.24, 2.45) is 0 Å². The molecule has 1 fully saturated rings. The molecule has 0 aliphatic carbocycles. The summed E-state index contributed by atoms with van der Waals surface area (Å²) in [4.78, 5) is 26.9. The molecule has 0 N–H and O–H groups in total. The van der Waals surface area contributed by atoms with E-state index in [1.54, 1.807) is 30.3 Å². The summed E-state index contributed by atoms with van der Waals surface area (Å²) in [7, 11) is 0. The Morgan fingerprint density at radius 3 is 2.54 bits per heavy atom. The Morgan fingerprint density at radius 2 is 1.83 bits per heavy atom. The van der Waals surface area contributed by atoms with Gasteiger partial charge in [-0.25, -0.2) is 4.39 Å². The zero-order valence-corrected chi connectivity index (χ0v) is 21.8. The molecule has 0 unspecified atom stereocenters. The van der Waals surface area contributed by atoms with Crippen LogP contribution in [-0.4, -0.2) is 22.7 Å². The van der Waals surface area contributed by atoms with Crippen molar-refractivity contribution in [3.8, 4) is 11.5 Å². The lowest BCUT2D eigenvalue weighted by molar-refractivity contribution is -0.123. The molecule has 5 nitrogen and oxygen atoms in total. The highest BCUT2D eigenvalue weighted by molar-refractivity contribution is 9.10. The molecule has 1 saturated heterocycles. The van der Waals surface area contributed by atoms with Crippen LogP contribution in [0.15, 0.2) is 70.0 Å². The highest BCUT2D eigenvalue weighted by atomic mass is 79.9. The molecule has 1 heterocycles. The number of thioether (sulfide) groups is 1. The van der Waals surface area contributed by atoms with E-state index >= 15 is 0 Å². The van der Waals surface area contributed by atoms with Crippen molar-refractivity contribution in [3.05, 3.63) is 97.6 Å². The van der Waals surface area contributed by atoms with Crippen molar-refractivity contribution >= 4 is 56.5 Å². The van der Waals surface area contributed by atoms with Crippen LogP contribution in [0.1, 0.15) is 23.6 Å². The van der Waals surface area contributed by atoms with Gasteiger partial charge in [0.05, 0.1) is 23.1 Å². The largest absolute Gasteiger partial charge is 0.490 e. The van der Waals surface area contributed by atoms with Gasteiger partial charge in [-0.2, -0.15) is 0 Å². The number of benzene rings is 3. The fraction of sp³-hybridized carbons (Fsp3) is 0.154. The Kier molecular flexibility index (Phi) is 8.15. The van der Waals surface area contributed by atoms with Crippen LogP contribution >= 0.6 is 39.3 Å². The summed E-state index contributed by atoms with van der Waals surface area (Å²) in [5.74, 6) is -0.0231. The lowest BCUT2D eigenvalue weighted by atomic mass is 10.1. The van der Waals surface area contributed by atoms with Gasteiger partial charge in [-0.1, -0.05) is 51.8 Å². The monoisotopic (exact) mass is 575 g/mol. The molecule has 0 saturated carbocycles. The van der Waals surface area contributed by atoms with Gasteiger partial charge in [0.25, 0.3) is 11.1 Å². The average Bonchev–Trinajstić information content (AvgIpc) is 3.07. The second-order valence-corrected chi connectivity index (χ2v) is 9.89. The SMILES string of the molecule is CCOc1cc(/C=C2\SC(=O)N(Cc3ccc(Br)cc3)C2=O)cc(Cl)c1OCc1cccc(F)c1. The van der Waals surface area contributed by atoms with E-state index in [0.717, 1.165) is 21.8 Å². The Morgan fingerprint density at radius 1 is 1.06 bits per heavy atom. The maximum absolute atomic E-state index is 13.5. The highest BCUT2D eigenvalue weighted by Gasteiger charge is 2.35. The van der Waals surface area contributed by atoms with Crippen LogP contribution in [0.2, 0.25) is 5.02 Å². The quantitative estimate of drug-likeness (QED) is 0.261. The molecular weight excluding hydrogens is 557 g/mol. The number of halogens is 3. The molecule has 1 aliphatic heterocycles. The lowest BCUT2D eigenvalue weighted by Crippen LogP contribution is -2.27. The normalized spacial score (nSPS) is 14.6. The van der Waals surface area contributed by atoms with Crippen LogP contribution < -0.4 is 9.47 Å². The van der Waals surface area contributed by atoms with Gasteiger partial charge in [0.1, 0.15) is 12.4 Å². The van der Waals surface area contributed by atoms with Crippen molar-refractivity contribution in [2.45, 2.75) is 20.1 Å². The van der Waals surface area contributed by atoms with Crippen LogP contribution in [-0.2, 0) is 17.9 Å². The predicted molar refractivity (Wildman–Crippen MR) is 139 cm³/mol. The number of nitrogens with zero attached hydrogens (tertiary/aromatic N) is 1. The minimum atomic E-state index is -0.372. The zero-order chi connectivity index (χ0) is 24.9. The first kappa shape index (κ1) is 25.3. The molecule has 35 heavy (non-hydrogen) atoms. The van der Waals surface area contributed by atoms with E-state index in [2.05, 4.69) is 15.9 Å². The third-order valence-corrected chi connectivity index (χ3v) is 6.75. The van der Waals surface area contributed by atoms with Crippen LogP contribution in [0.3, 0.4) is 0 Å². The first-order chi connectivity index (χ1) is 16.8. The number of hydrogen-bond donors (Lipinski definition) is 0. The number of hydrogen-bond acceptors (Lipinski definition) is 5. The van der Waals surface area contributed by atoms with E-state index in [-0.39, 0.29) is 35.1 Å². The highest BCUT2D eigenvalue weighted by Crippen LogP contribution is 2.40. The third-order valence-electron chi connectivity index (χ3n) is 5.03. The molecule has 1 aliphatic rings. The van der Waals surface area contributed by atoms with Gasteiger partial charge in [-0.3, -0.25) is 14.5 Å². The van der Waals surface area contributed by atoms with E-state index < -0.39 is 0 Å². The average molecular weight is 577 g/mol. The van der Waals surface area contributed by atoms with E-state index in [1.165, 1.54) is 17.0 Å². The van der Waals surface area contributed by atoms with Gasteiger partial charge < -0.3 is 9.47 Å². The Bertz CT molecular complexity index is 1300. The van der Waals surface area contributed by atoms with E-state index in [0.29, 0.717) is 34.1 Å². The molecule has 0 radical (unpaired) electrons. The topological polar surface area (TPSA) is 55.8 Å². The fourth-order valence-corrected chi connectivity index (χ4v) is 4.79. The molecule has 0 bridgehead atoms. The molecule has 4 rings (SSSR count). The minimum absolute atomic E-state index is 0.103. The minimum Gasteiger partial charge on any atom is -0.490 e. The van der Waals surface area contributed by atoms with Crippen LogP contribution in [0.4, 0.5) is 9.18 Å². The molecular formula is C26H20BrClFNO4S. The maximum atomic E-state index is 13.5. The van der Waals surface area contributed by atoms with Crippen LogP contribution in [0, 0.1) is 5.82 Å². The summed E-state index contributed by atoms with van der Waals surface area (Å²) in [6.07, 6.45) is 1.61. The molecule has 3 aromatic carbocycles. The number of rotatable bonds is 8. The Labute approximate surface area is 220 Å². The van der Waals surface area contributed by atoms with Crippen molar-refractivity contribution in [2.75, 3.05) is 6.61 Å². The Balaban J connectivity index is 1.55. The molecule has 0 spiro atoms. The van der Waals surface area contributed by atoms with E-state index in [9.17, 15) is 14.0 Å². The second-order valence-electron chi connectivity index (χ2n) is 7.58. The molecule has 0 atom stereocenters. The summed E-state index contributed by atoms with van der Waals surface area (Å²) < 4.78 is 25.9. The van der Waals surface area contributed by atoms with Gasteiger partial charge in [0.15, 0.2) is 11.5 Å². The summed E-state index contributed by atoms with van der Waals surface area (Å²) in [6.45, 7) is 2.48. The van der Waals surface area contributed by atoms with E-state index in [1.807, 2.05) is 31.2 Å². The number of amides is 2. The van der Waals surface area contributed by atoms with Crippen molar-refractivity contribution in [1.29, 1.82) is 0 Å². The summed E-state index contributed by atoms with van der Waals surface area (Å²) in [5, 5.41) is -0.0666. The predicted octanol–water partition coefficient (Wildman–Crippen LogP) is 7.46. The molecule has 3 aromatic rings. The molecule has 2 amide bonds. The molecule has 0 aromatic heterocycles. The second kappa shape index (κ2) is 11.3. The van der Waals surface area contributed by atoms with Gasteiger partial charge in [0, 0.05) is 4.47 Å². The van der Waals surface area contributed by atoms with Crippen LogP contribution in [0.25, 0.3) is 6.08 Å². The standard InChI is InChI=1S/C26H20BrClFNO4S/c1-2-33-22-12-18(11-21(28)24(22)34-15-17-4-3-5-20(29)10-17)13-23-25(31)30(26(32)35-23)14-16-6-8-19(27)9-7-16/h3-13H,2,14-15H2,1H3/b23-13-. The summed E-state index contributed by atoms with van der Waals surface area (Å²) in [6, 6.07) is 16.8. The van der Waals surface area contributed by atoms with Gasteiger partial charge in [0.2, 0.25) is 0 Å². The maximum Gasteiger partial charge on any atom is 0.293 e. The number of carbonyl (C=O) groups is 2. The number of carbonyl (C=O) groups excluding carboxylic acids is 2. The van der Waals surface area contributed by atoms with Gasteiger partial charge in [-0.15, -0.1) is 0 Å². The van der Waals surface area contributed by atoms with Crippen molar-refractivity contribution in [3.63, 3.8) is 0 Å². The number of ether oxygens (including phenoxy) is 2. The van der Waals surface area contributed by atoms with E-state index in [4.69, 9.17) is 21.1 Å². The van der Waals surface area contributed by atoms with Gasteiger partial charge in [-0.05, 0) is 77.9 Å². The lowest BCUT2D eigenvalue weighted by Gasteiger charge is -2.15. The fourth-order valence-electron chi connectivity index (χ4n) is 3.42. The summed E-state index contributed by atoms with van der Waals surface area (Å²) >= 11 is 10.7. The zero-order valence-electron chi connectivity index (χ0n) is 18.6. The Hall–Kier alpha value is -2.81. The van der Waals surface area contributed by atoms with Crippen LogP contribution in [0.5, 0.6) is 11.5 Å². The molecule has 9 heteroatoms. The third kappa shape index (κ3) is 6.25. The summed E-state index contributed by atoms with van der Waals surface area (Å²) in [5.41, 5.74) is 2.08. The van der Waals surface area contributed by atoms with Crippen molar-refractivity contribution in [1.82, 2.24) is 4.90 Å². The smallest absolute Gasteiger partial charge is 0.293 e. The first-order valence-electron chi connectivity index (χ1n) is 10.7. The first-order valence-corrected chi connectivity index (χ1v) is 12.7. The van der Waals surface area contributed by atoms with Gasteiger partial charge >= 0.3 is 0 Å². The molecule has 180 valence electrons. The number of imide groups is 1. The van der Waals surface area contributed by atoms with Crippen molar-refractivity contribution < 1.29 is 23.5 Å².